The molecule has 1 aliphatic carbocycles. The van der Waals surface area contributed by atoms with Gasteiger partial charge in [-0.3, -0.25) is 4.79 Å². The van der Waals surface area contributed by atoms with Crippen molar-refractivity contribution in [1.29, 1.82) is 0 Å². The van der Waals surface area contributed by atoms with E-state index in [1.54, 1.807) is 0 Å². The number of nitrogens with zero attached hydrogens (tertiary/aromatic N) is 1. The molecule has 0 aromatic carbocycles. The smallest absolute Gasteiger partial charge is 0.223 e. The standard InChI is InChI=1S/C12H18BrNO/c1-11(2)3-4-12-6-8(9(13)7-12)5-10(15)14(11)12/h8-9H,3-7H2,1-2H3/t8-,9+,12+/m1/s1. The average Bonchev–Trinajstić information content (AvgIpc) is 2.51. The van der Waals surface area contributed by atoms with Gasteiger partial charge in [-0.1, -0.05) is 15.9 Å². The van der Waals surface area contributed by atoms with E-state index in [1.807, 2.05) is 0 Å². The maximum atomic E-state index is 12.2. The highest BCUT2D eigenvalue weighted by atomic mass is 79.9. The summed E-state index contributed by atoms with van der Waals surface area (Å²) in [5.74, 6) is 0.998. The second kappa shape index (κ2) is 2.79. The zero-order valence-corrected chi connectivity index (χ0v) is 11.0. The van der Waals surface area contributed by atoms with Crippen LogP contribution >= 0.6 is 15.9 Å². The van der Waals surface area contributed by atoms with Crippen LogP contribution in [0.25, 0.3) is 0 Å². The van der Waals surface area contributed by atoms with Crippen molar-refractivity contribution in [2.45, 2.75) is 61.9 Å². The van der Waals surface area contributed by atoms with Crippen molar-refractivity contribution in [2.24, 2.45) is 5.92 Å². The number of amides is 1. The van der Waals surface area contributed by atoms with Gasteiger partial charge in [-0.2, -0.15) is 0 Å². The molecule has 2 bridgehead atoms. The maximum Gasteiger partial charge on any atom is 0.223 e. The largest absolute Gasteiger partial charge is 0.332 e. The monoisotopic (exact) mass is 271 g/mol. The number of hydrogen-bond acceptors (Lipinski definition) is 1. The molecule has 1 saturated carbocycles. The van der Waals surface area contributed by atoms with E-state index in [9.17, 15) is 4.79 Å². The molecule has 0 N–H and O–H groups in total. The molecule has 2 aliphatic heterocycles. The third-order valence-electron chi connectivity index (χ3n) is 4.70. The van der Waals surface area contributed by atoms with E-state index in [1.165, 1.54) is 25.7 Å². The summed E-state index contributed by atoms with van der Waals surface area (Å²) >= 11 is 3.76. The van der Waals surface area contributed by atoms with E-state index < -0.39 is 0 Å². The summed E-state index contributed by atoms with van der Waals surface area (Å²) in [5, 5.41) is 0. The van der Waals surface area contributed by atoms with E-state index in [-0.39, 0.29) is 11.1 Å². The Balaban J connectivity index is 2.04. The van der Waals surface area contributed by atoms with Gasteiger partial charge >= 0.3 is 0 Å². The molecule has 15 heavy (non-hydrogen) atoms. The maximum absolute atomic E-state index is 12.2. The van der Waals surface area contributed by atoms with Gasteiger partial charge in [0.15, 0.2) is 0 Å². The molecule has 1 amide bonds. The molecule has 0 aromatic rings. The van der Waals surface area contributed by atoms with Gasteiger partial charge in [-0.05, 0) is 45.4 Å². The Morgan fingerprint density at radius 2 is 2.07 bits per heavy atom. The highest BCUT2D eigenvalue weighted by Gasteiger charge is 2.60. The summed E-state index contributed by atoms with van der Waals surface area (Å²) in [6, 6.07) is 0. The van der Waals surface area contributed by atoms with Crippen LogP contribution in [0.15, 0.2) is 0 Å². The second-order valence-corrected chi connectivity index (χ2v) is 7.33. The first-order valence-corrected chi connectivity index (χ1v) is 6.83. The Morgan fingerprint density at radius 3 is 2.80 bits per heavy atom. The van der Waals surface area contributed by atoms with Crippen molar-refractivity contribution < 1.29 is 4.79 Å². The van der Waals surface area contributed by atoms with Crippen LogP contribution in [0.3, 0.4) is 0 Å². The van der Waals surface area contributed by atoms with E-state index >= 15 is 0 Å². The minimum atomic E-state index is 0.0963. The minimum Gasteiger partial charge on any atom is -0.332 e. The molecule has 0 unspecified atom stereocenters. The second-order valence-electron chi connectivity index (χ2n) is 6.15. The first-order chi connectivity index (χ1) is 6.95. The fraction of sp³-hybridized carbons (Fsp3) is 0.917. The molecule has 84 valence electrons. The summed E-state index contributed by atoms with van der Waals surface area (Å²) in [5.41, 5.74) is 0.316. The topological polar surface area (TPSA) is 20.3 Å². The lowest BCUT2D eigenvalue weighted by molar-refractivity contribution is -0.144. The summed E-state index contributed by atoms with van der Waals surface area (Å²) < 4.78 is 0. The number of carbonyl (C=O) groups is 1. The zero-order chi connectivity index (χ0) is 10.8. The number of piperidine rings is 1. The molecular formula is C12H18BrNO. The molecule has 3 heteroatoms. The SMILES string of the molecule is CC1(C)CC[C@@]23C[C@@H](CC(=O)N12)[C@@H](Br)C3. The van der Waals surface area contributed by atoms with Gasteiger partial charge in [0.25, 0.3) is 0 Å². The zero-order valence-electron chi connectivity index (χ0n) is 9.42. The molecule has 0 aromatic heterocycles. The van der Waals surface area contributed by atoms with E-state index in [0.717, 1.165) is 6.42 Å². The Bertz CT molecular complexity index is 324. The number of halogens is 1. The van der Waals surface area contributed by atoms with Gasteiger partial charge in [0.2, 0.25) is 5.91 Å². The van der Waals surface area contributed by atoms with Gasteiger partial charge in [0.05, 0.1) is 0 Å². The molecule has 3 rings (SSSR count). The third-order valence-corrected chi connectivity index (χ3v) is 5.77. The van der Waals surface area contributed by atoms with Gasteiger partial charge in [0.1, 0.15) is 0 Å². The molecule has 3 atom stereocenters. The fourth-order valence-corrected chi connectivity index (χ4v) is 5.11. The van der Waals surface area contributed by atoms with Crippen LogP contribution in [0, 0.1) is 5.92 Å². The summed E-state index contributed by atoms with van der Waals surface area (Å²) in [4.78, 5) is 15.0. The lowest BCUT2D eigenvalue weighted by atomic mass is 9.88. The molecule has 3 aliphatic rings. The molecule has 0 radical (unpaired) electrons. The molecule has 2 saturated heterocycles. The lowest BCUT2D eigenvalue weighted by Gasteiger charge is -2.45. The van der Waals surface area contributed by atoms with E-state index in [4.69, 9.17) is 0 Å². The normalized spacial score (nSPS) is 47.1. The summed E-state index contributed by atoms with van der Waals surface area (Å²) in [7, 11) is 0. The van der Waals surface area contributed by atoms with Gasteiger partial charge in [0, 0.05) is 22.3 Å². The Hall–Kier alpha value is -0.0500. The van der Waals surface area contributed by atoms with Crippen LogP contribution in [0.2, 0.25) is 0 Å². The first-order valence-electron chi connectivity index (χ1n) is 5.92. The van der Waals surface area contributed by atoms with Gasteiger partial charge in [-0.25, -0.2) is 0 Å². The van der Waals surface area contributed by atoms with Gasteiger partial charge < -0.3 is 4.90 Å². The van der Waals surface area contributed by atoms with Crippen LogP contribution in [0.4, 0.5) is 0 Å². The van der Waals surface area contributed by atoms with Crippen LogP contribution in [-0.4, -0.2) is 26.7 Å². The number of hydrogen-bond donors (Lipinski definition) is 0. The Labute approximate surface area is 99.5 Å². The average molecular weight is 272 g/mol. The summed E-state index contributed by atoms with van der Waals surface area (Å²) in [6.45, 7) is 4.45. The fourth-order valence-electron chi connectivity index (χ4n) is 4.14. The third kappa shape index (κ3) is 1.19. The molecule has 2 nitrogen and oxygen atoms in total. The number of alkyl halides is 1. The Morgan fingerprint density at radius 1 is 1.33 bits per heavy atom. The van der Waals surface area contributed by atoms with E-state index in [0.29, 0.717) is 16.7 Å². The van der Waals surface area contributed by atoms with Crippen LogP contribution < -0.4 is 0 Å². The van der Waals surface area contributed by atoms with Crippen LogP contribution in [-0.2, 0) is 4.79 Å². The van der Waals surface area contributed by atoms with Crippen LogP contribution in [0.5, 0.6) is 0 Å². The van der Waals surface area contributed by atoms with Gasteiger partial charge in [-0.15, -0.1) is 0 Å². The van der Waals surface area contributed by atoms with Crippen molar-refractivity contribution in [1.82, 2.24) is 4.90 Å². The first kappa shape index (κ1) is 10.1. The number of fused-ring (bicyclic) bond motifs is 1. The van der Waals surface area contributed by atoms with Crippen molar-refractivity contribution in [3.8, 4) is 0 Å². The number of rotatable bonds is 0. The predicted octanol–water partition coefficient (Wildman–Crippen LogP) is 2.70. The van der Waals surface area contributed by atoms with Crippen molar-refractivity contribution in [3.05, 3.63) is 0 Å². The lowest BCUT2D eigenvalue weighted by Crippen LogP contribution is -2.55. The minimum absolute atomic E-state index is 0.0963. The van der Waals surface area contributed by atoms with Crippen molar-refractivity contribution >= 4 is 21.8 Å². The van der Waals surface area contributed by atoms with Crippen molar-refractivity contribution in [2.75, 3.05) is 0 Å². The molecular weight excluding hydrogens is 254 g/mol. The Kier molecular flexibility index (Phi) is 1.88. The summed E-state index contributed by atoms with van der Waals surface area (Å²) in [6.07, 6.45) is 5.56. The molecule has 1 spiro atoms. The molecule has 2 heterocycles. The quantitative estimate of drug-likeness (QED) is 0.621. The highest BCUT2D eigenvalue weighted by Crippen LogP contribution is 2.57. The predicted molar refractivity (Wildman–Crippen MR) is 62.9 cm³/mol. The number of carbonyl (C=O) groups excluding carboxylic acids is 1. The van der Waals surface area contributed by atoms with Crippen LogP contribution in [0.1, 0.15) is 46.0 Å². The molecule has 3 fully saturated rings. The van der Waals surface area contributed by atoms with Crippen molar-refractivity contribution in [3.63, 3.8) is 0 Å². The van der Waals surface area contributed by atoms with E-state index in [2.05, 4.69) is 34.7 Å². The highest BCUT2D eigenvalue weighted by molar-refractivity contribution is 9.09.